The van der Waals surface area contributed by atoms with Crippen LogP contribution in [-0.4, -0.2) is 53.6 Å². The van der Waals surface area contributed by atoms with Crippen molar-refractivity contribution in [3.05, 3.63) is 59.7 Å². The summed E-state index contributed by atoms with van der Waals surface area (Å²) in [6.45, 7) is 10.3. The summed E-state index contributed by atoms with van der Waals surface area (Å²) < 4.78 is 5.60. The quantitative estimate of drug-likeness (QED) is 0.762. The second-order valence-electron chi connectivity index (χ2n) is 8.01. The van der Waals surface area contributed by atoms with Gasteiger partial charge in [0.1, 0.15) is 11.5 Å². The third-order valence-electron chi connectivity index (χ3n) is 5.72. The molecule has 2 aromatic rings. The minimum atomic E-state index is 0.136. The van der Waals surface area contributed by atoms with Gasteiger partial charge in [-0.15, -0.1) is 0 Å². The van der Waals surface area contributed by atoms with E-state index < -0.39 is 0 Å². The number of nitrogens with zero attached hydrogens (tertiary/aromatic N) is 2. The van der Waals surface area contributed by atoms with Crippen LogP contribution in [-0.2, 0) is 4.79 Å². The Morgan fingerprint density at radius 3 is 2.10 bits per heavy atom. The first kappa shape index (κ1) is 21.2. The van der Waals surface area contributed by atoms with Gasteiger partial charge in [0.2, 0.25) is 5.91 Å². The van der Waals surface area contributed by atoms with Crippen LogP contribution in [0.2, 0.25) is 0 Å². The van der Waals surface area contributed by atoms with Gasteiger partial charge in [-0.05, 0) is 48.2 Å². The first-order chi connectivity index (χ1) is 13.9. The lowest BCUT2D eigenvalue weighted by Crippen LogP contribution is -2.49. The van der Waals surface area contributed by atoms with Crippen LogP contribution in [0.15, 0.2) is 48.5 Å². The second kappa shape index (κ2) is 9.79. The summed E-state index contributed by atoms with van der Waals surface area (Å²) >= 11 is 0. The lowest BCUT2D eigenvalue weighted by atomic mass is 9.99. The number of piperazine rings is 1. The van der Waals surface area contributed by atoms with Gasteiger partial charge in [-0.25, -0.2) is 0 Å². The molecule has 0 aliphatic carbocycles. The normalized spacial score (nSPS) is 16.1. The Labute approximate surface area is 173 Å². The number of phenols is 1. The molecule has 1 fully saturated rings. The molecule has 0 aromatic heterocycles. The number of carbonyl (C=O) groups excluding carboxylic acids is 1. The summed E-state index contributed by atoms with van der Waals surface area (Å²) in [5.74, 6) is 1.55. The summed E-state index contributed by atoms with van der Waals surface area (Å²) in [4.78, 5) is 16.9. The van der Waals surface area contributed by atoms with E-state index in [0.717, 1.165) is 26.2 Å². The molecule has 0 radical (unpaired) electrons. The van der Waals surface area contributed by atoms with E-state index in [9.17, 15) is 9.90 Å². The van der Waals surface area contributed by atoms with E-state index in [0.29, 0.717) is 30.7 Å². The van der Waals surface area contributed by atoms with Crippen molar-refractivity contribution in [3.63, 3.8) is 0 Å². The highest BCUT2D eigenvalue weighted by Gasteiger charge is 2.24. The molecule has 0 bridgehead atoms. The summed E-state index contributed by atoms with van der Waals surface area (Å²) in [6.07, 6.45) is 0.368. The Bertz CT molecular complexity index is 779. The molecular weight excluding hydrogens is 364 g/mol. The van der Waals surface area contributed by atoms with Crippen molar-refractivity contribution in [1.82, 2.24) is 9.80 Å². The van der Waals surface area contributed by atoms with Crippen molar-refractivity contribution in [1.29, 1.82) is 0 Å². The minimum Gasteiger partial charge on any atom is -0.508 e. The maximum absolute atomic E-state index is 12.5. The third kappa shape index (κ3) is 5.73. The predicted octanol–water partition coefficient (Wildman–Crippen LogP) is 4.19. The van der Waals surface area contributed by atoms with E-state index in [1.807, 2.05) is 4.90 Å². The fourth-order valence-corrected chi connectivity index (χ4v) is 3.69. The van der Waals surface area contributed by atoms with Gasteiger partial charge in [-0.3, -0.25) is 9.69 Å². The topological polar surface area (TPSA) is 53.0 Å². The molecule has 29 heavy (non-hydrogen) atoms. The molecule has 1 amide bonds. The lowest BCUT2D eigenvalue weighted by molar-refractivity contribution is -0.133. The van der Waals surface area contributed by atoms with Gasteiger partial charge in [0.25, 0.3) is 0 Å². The zero-order valence-corrected chi connectivity index (χ0v) is 17.7. The molecule has 2 aromatic carbocycles. The molecule has 3 rings (SSSR count). The number of amides is 1. The molecule has 1 atom stereocenters. The Hall–Kier alpha value is -2.53. The number of carbonyl (C=O) groups is 1. The van der Waals surface area contributed by atoms with Crippen LogP contribution < -0.4 is 4.74 Å². The van der Waals surface area contributed by atoms with E-state index in [4.69, 9.17) is 4.74 Å². The molecule has 5 nitrogen and oxygen atoms in total. The van der Waals surface area contributed by atoms with Gasteiger partial charge in [0, 0.05) is 32.2 Å². The highest BCUT2D eigenvalue weighted by molar-refractivity contribution is 5.76. The number of aromatic hydroxyl groups is 1. The summed E-state index contributed by atoms with van der Waals surface area (Å²) in [6, 6.07) is 15.8. The van der Waals surface area contributed by atoms with Crippen LogP contribution in [0.25, 0.3) is 0 Å². The van der Waals surface area contributed by atoms with Gasteiger partial charge >= 0.3 is 0 Å². The van der Waals surface area contributed by atoms with Gasteiger partial charge in [0.15, 0.2) is 0 Å². The number of phenolic OH excluding ortho intramolecular Hbond substituents is 1. The Morgan fingerprint density at radius 1 is 0.931 bits per heavy atom. The third-order valence-corrected chi connectivity index (χ3v) is 5.72. The monoisotopic (exact) mass is 396 g/mol. The standard InChI is InChI=1S/C24H32N2O3/c1-18(2)20-4-6-21(7-5-20)19(3)25-13-15-26(16-14-25)24(28)12-17-29-23-10-8-22(27)9-11-23/h4-11,18-19,27H,12-17H2,1-3H3. The molecule has 1 saturated heterocycles. The maximum Gasteiger partial charge on any atom is 0.226 e. The van der Waals surface area contributed by atoms with Crippen molar-refractivity contribution in [2.75, 3.05) is 32.8 Å². The highest BCUT2D eigenvalue weighted by atomic mass is 16.5. The number of hydrogen-bond acceptors (Lipinski definition) is 4. The fourth-order valence-electron chi connectivity index (χ4n) is 3.69. The van der Waals surface area contributed by atoms with Crippen LogP contribution in [0.5, 0.6) is 11.5 Å². The molecule has 1 aliphatic rings. The molecule has 1 N–H and O–H groups in total. The number of hydrogen-bond donors (Lipinski definition) is 1. The zero-order valence-electron chi connectivity index (χ0n) is 17.7. The molecule has 0 saturated carbocycles. The largest absolute Gasteiger partial charge is 0.508 e. The fraction of sp³-hybridized carbons (Fsp3) is 0.458. The van der Waals surface area contributed by atoms with Crippen molar-refractivity contribution < 1.29 is 14.6 Å². The number of rotatable bonds is 7. The van der Waals surface area contributed by atoms with Crippen molar-refractivity contribution >= 4 is 5.91 Å². The molecule has 1 unspecified atom stereocenters. The van der Waals surface area contributed by atoms with Crippen LogP contribution in [0.4, 0.5) is 0 Å². The second-order valence-corrected chi connectivity index (χ2v) is 8.01. The van der Waals surface area contributed by atoms with Gasteiger partial charge in [-0.1, -0.05) is 38.1 Å². The molecule has 0 spiro atoms. The van der Waals surface area contributed by atoms with Crippen LogP contribution in [0.3, 0.4) is 0 Å². The van der Waals surface area contributed by atoms with Crippen molar-refractivity contribution in [2.24, 2.45) is 0 Å². The summed E-state index contributed by atoms with van der Waals surface area (Å²) in [7, 11) is 0. The number of ether oxygens (including phenoxy) is 1. The van der Waals surface area contributed by atoms with Gasteiger partial charge in [-0.2, -0.15) is 0 Å². The Balaban J connectivity index is 1.43. The molecule has 1 aliphatic heterocycles. The zero-order chi connectivity index (χ0) is 20.8. The minimum absolute atomic E-state index is 0.136. The Morgan fingerprint density at radius 2 is 1.52 bits per heavy atom. The van der Waals surface area contributed by atoms with E-state index in [1.165, 1.54) is 11.1 Å². The molecule has 5 heteroatoms. The van der Waals surface area contributed by atoms with E-state index in [2.05, 4.69) is 49.9 Å². The first-order valence-electron chi connectivity index (χ1n) is 10.5. The van der Waals surface area contributed by atoms with E-state index in [1.54, 1.807) is 24.3 Å². The van der Waals surface area contributed by atoms with E-state index >= 15 is 0 Å². The smallest absolute Gasteiger partial charge is 0.226 e. The summed E-state index contributed by atoms with van der Waals surface area (Å²) in [5, 5.41) is 9.29. The average molecular weight is 397 g/mol. The SMILES string of the molecule is CC(C)c1ccc(C(C)N2CCN(C(=O)CCOc3ccc(O)cc3)CC2)cc1. The predicted molar refractivity (Wildman–Crippen MR) is 115 cm³/mol. The summed E-state index contributed by atoms with van der Waals surface area (Å²) in [5.41, 5.74) is 2.70. The van der Waals surface area contributed by atoms with Gasteiger partial charge < -0.3 is 14.7 Å². The van der Waals surface area contributed by atoms with Crippen LogP contribution in [0.1, 0.15) is 50.3 Å². The lowest BCUT2D eigenvalue weighted by Gasteiger charge is -2.38. The average Bonchev–Trinajstić information content (AvgIpc) is 2.74. The first-order valence-corrected chi connectivity index (χ1v) is 10.5. The van der Waals surface area contributed by atoms with Crippen molar-refractivity contribution in [3.8, 4) is 11.5 Å². The van der Waals surface area contributed by atoms with Crippen molar-refractivity contribution in [2.45, 2.75) is 39.2 Å². The molecule has 1 heterocycles. The maximum atomic E-state index is 12.5. The molecule has 156 valence electrons. The molecular formula is C24H32N2O3. The van der Waals surface area contributed by atoms with Crippen LogP contribution in [0, 0.1) is 0 Å². The Kier molecular flexibility index (Phi) is 7.15. The number of benzene rings is 2. The highest BCUT2D eigenvalue weighted by Crippen LogP contribution is 2.24. The van der Waals surface area contributed by atoms with Crippen LogP contribution >= 0.6 is 0 Å². The van der Waals surface area contributed by atoms with Gasteiger partial charge in [0.05, 0.1) is 13.0 Å². The van der Waals surface area contributed by atoms with E-state index in [-0.39, 0.29) is 11.7 Å².